The lowest BCUT2D eigenvalue weighted by atomic mass is 10.4. The first-order chi connectivity index (χ1) is 8.53. The molecule has 0 bridgehead atoms. The van der Waals surface area contributed by atoms with E-state index in [1.807, 2.05) is 0 Å². The highest BCUT2D eigenvalue weighted by atomic mass is 32.2. The smallest absolute Gasteiger partial charge is 0.250 e. The third-order valence-corrected chi connectivity index (χ3v) is 5.24. The summed E-state index contributed by atoms with van der Waals surface area (Å²) in [4.78, 5) is 0.586. The van der Waals surface area contributed by atoms with Crippen molar-refractivity contribution in [1.82, 2.24) is 25.3 Å². The third kappa shape index (κ3) is 2.72. The van der Waals surface area contributed by atoms with Gasteiger partial charge in [-0.15, -0.1) is 21.5 Å². The Morgan fingerprint density at radius 3 is 2.89 bits per heavy atom. The average molecular weight is 289 g/mol. The van der Waals surface area contributed by atoms with Crippen LogP contribution in [0.15, 0.2) is 16.3 Å². The number of rotatable bonds is 5. The molecule has 8 nitrogen and oxygen atoms in total. The lowest BCUT2D eigenvalue weighted by molar-refractivity contribution is 0.285. The summed E-state index contributed by atoms with van der Waals surface area (Å²) in [7, 11) is -3.64. The Kier molecular flexibility index (Phi) is 3.71. The van der Waals surface area contributed by atoms with Crippen molar-refractivity contribution in [1.29, 1.82) is 0 Å². The predicted molar refractivity (Wildman–Crippen MR) is 63.2 cm³/mol. The van der Waals surface area contributed by atoms with E-state index in [0.717, 1.165) is 11.3 Å². The zero-order valence-electron chi connectivity index (χ0n) is 9.36. The van der Waals surface area contributed by atoms with E-state index in [9.17, 15) is 8.42 Å². The van der Waals surface area contributed by atoms with Gasteiger partial charge in [0.1, 0.15) is 4.21 Å². The van der Waals surface area contributed by atoms with E-state index in [4.69, 9.17) is 5.11 Å². The van der Waals surface area contributed by atoms with Crippen LogP contribution in [0.5, 0.6) is 0 Å². The van der Waals surface area contributed by atoms with Crippen LogP contribution in [0.2, 0.25) is 0 Å². The minimum absolute atomic E-state index is 0.141. The number of hydrogen-bond donors (Lipinski definition) is 3. The highest BCUT2D eigenvalue weighted by Crippen LogP contribution is 2.22. The standard InChI is InChI=1S/C8H11N5O3S2/c1-5(8-9-12-13-10-8)11-18(15,16)7-3-2-6(4-14)17-7/h2-3,5,11,14H,4H2,1H3,(H,9,10,12,13). The fourth-order valence-corrected chi connectivity index (χ4v) is 3.72. The van der Waals surface area contributed by atoms with Gasteiger partial charge in [-0.2, -0.15) is 9.94 Å². The number of nitrogens with zero attached hydrogens (tertiary/aromatic N) is 3. The molecule has 98 valence electrons. The van der Waals surface area contributed by atoms with Crippen molar-refractivity contribution in [3.8, 4) is 0 Å². The highest BCUT2D eigenvalue weighted by Gasteiger charge is 2.22. The number of aliphatic hydroxyl groups is 1. The van der Waals surface area contributed by atoms with Crippen LogP contribution in [-0.4, -0.2) is 34.1 Å². The zero-order chi connectivity index (χ0) is 13.2. The molecule has 0 fully saturated rings. The average Bonchev–Trinajstić information content (AvgIpc) is 3.00. The molecule has 0 amide bonds. The molecule has 0 radical (unpaired) electrons. The largest absolute Gasteiger partial charge is 0.391 e. The van der Waals surface area contributed by atoms with Gasteiger partial charge in [0.2, 0.25) is 0 Å². The highest BCUT2D eigenvalue weighted by molar-refractivity contribution is 7.91. The number of H-pyrrole nitrogens is 1. The normalized spacial score (nSPS) is 13.7. The van der Waals surface area contributed by atoms with Crippen molar-refractivity contribution in [2.24, 2.45) is 0 Å². The number of sulfonamides is 1. The maximum atomic E-state index is 12.0. The number of thiophene rings is 1. The molecule has 0 aromatic carbocycles. The Morgan fingerprint density at radius 2 is 2.33 bits per heavy atom. The fourth-order valence-electron chi connectivity index (χ4n) is 1.28. The molecule has 2 heterocycles. The first-order valence-corrected chi connectivity index (χ1v) is 7.28. The van der Waals surface area contributed by atoms with E-state index >= 15 is 0 Å². The molecule has 0 saturated carbocycles. The second-order valence-electron chi connectivity index (χ2n) is 3.49. The molecular weight excluding hydrogens is 278 g/mol. The number of hydrogen-bond acceptors (Lipinski definition) is 7. The van der Waals surface area contributed by atoms with Crippen LogP contribution in [0.25, 0.3) is 0 Å². The van der Waals surface area contributed by atoms with Gasteiger partial charge in [-0.25, -0.2) is 8.42 Å². The van der Waals surface area contributed by atoms with Crippen LogP contribution in [0.4, 0.5) is 0 Å². The van der Waals surface area contributed by atoms with Crippen molar-refractivity contribution in [2.75, 3.05) is 0 Å². The van der Waals surface area contributed by atoms with Crippen molar-refractivity contribution in [3.05, 3.63) is 22.8 Å². The van der Waals surface area contributed by atoms with Crippen LogP contribution in [-0.2, 0) is 16.6 Å². The lowest BCUT2D eigenvalue weighted by Crippen LogP contribution is -2.27. The van der Waals surface area contributed by atoms with Crippen molar-refractivity contribution >= 4 is 21.4 Å². The van der Waals surface area contributed by atoms with Gasteiger partial charge in [0.15, 0.2) is 5.82 Å². The monoisotopic (exact) mass is 289 g/mol. The Morgan fingerprint density at radius 1 is 1.56 bits per heavy atom. The molecule has 10 heteroatoms. The molecule has 1 unspecified atom stereocenters. The number of aliphatic hydroxyl groups excluding tert-OH is 1. The van der Waals surface area contributed by atoms with E-state index in [-0.39, 0.29) is 16.6 Å². The molecule has 0 saturated heterocycles. The van der Waals surface area contributed by atoms with Gasteiger partial charge in [-0.1, -0.05) is 5.21 Å². The number of nitrogens with one attached hydrogen (secondary N) is 2. The summed E-state index contributed by atoms with van der Waals surface area (Å²) in [5.74, 6) is 0.262. The maximum absolute atomic E-state index is 12.0. The Labute approximate surface area is 107 Å². The molecule has 18 heavy (non-hydrogen) atoms. The van der Waals surface area contributed by atoms with Crippen LogP contribution in [0, 0.1) is 0 Å². The zero-order valence-corrected chi connectivity index (χ0v) is 11.0. The van der Waals surface area contributed by atoms with E-state index in [0.29, 0.717) is 4.88 Å². The molecule has 0 aliphatic heterocycles. The summed E-state index contributed by atoms with van der Waals surface area (Å²) >= 11 is 1.01. The van der Waals surface area contributed by atoms with E-state index in [1.54, 1.807) is 13.0 Å². The van der Waals surface area contributed by atoms with Crippen molar-refractivity contribution in [3.63, 3.8) is 0 Å². The number of tetrazole rings is 1. The summed E-state index contributed by atoms with van der Waals surface area (Å²) in [6, 6.07) is 2.42. The van der Waals surface area contributed by atoms with Gasteiger partial charge >= 0.3 is 0 Å². The molecule has 0 spiro atoms. The first-order valence-electron chi connectivity index (χ1n) is 4.98. The topological polar surface area (TPSA) is 121 Å². The molecule has 0 aliphatic rings. The summed E-state index contributed by atoms with van der Waals surface area (Å²) in [5.41, 5.74) is 0. The van der Waals surface area contributed by atoms with Crippen LogP contribution in [0.1, 0.15) is 23.7 Å². The van der Waals surface area contributed by atoms with Gasteiger partial charge in [0.05, 0.1) is 12.6 Å². The molecule has 2 aromatic heterocycles. The fraction of sp³-hybridized carbons (Fsp3) is 0.375. The molecule has 3 N–H and O–H groups in total. The molecule has 2 rings (SSSR count). The molecule has 0 aliphatic carbocycles. The molecule has 1 atom stereocenters. The molecular formula is C8H11N5O3S2. The minimum atomic E-state index is -3.64. The number of aromatic nitrogens is 4. The second kappa shape index (κ2) is 5.10. The quantitative estimate of drug-likeness (QED) is 0.700. The van der Waals surface area contributed by atoms with Gasteiger partial charge < -0.3 is 5.11 Å². The maximum Gasteiger partial charge on any atom is 0.250 e. The Balaban J connectivity index is 2.17. The van der Waals surface area contributed by atoms with E-state index in [1.165, 1.54) is 6.07 Å². The van der Waals surface area contributed by atoms with Crippen LogP contribution in [0.3, 0.4) is 0 Å². The van der Waals surface area contributed by atoms with E-state index < -0.39 is 16.1 Å². The van der Waals surface area contributed by atoms with Gasteiger partial charge in [-0.3, -0.25) is 0 Å². The minimum Gasteiger partial charge on any atom is -0.391 e. The third-order valence-electron chi connectivity index (χ3n) is 2.14. The molecule has 2 aromatic rings. The summed E-state index contributed by atoms with van der Waals surface area (Å²) < 4.78 is 26.6. The van der Waals surface area contributed by atoms with Crippen LogP contribution < -0.4 is 4.72 Å². The summed E-state index contributed by atoms with van der Waals surface area (Å²) in [5, 5.41) is 21.9. The van der Waals surface area contributed by atoms with Gasteiger partial charge in [0.25, 0.3) is 10.0 Å². The SMILES string of the molecule is CC(NS(=O)(=O)c1ccc(CO)s1)c1nn[nH]n1. The first kappa shape index (κ1) is 13.1. The van der Waals surface area contributed by atoms with Crippen molar-refractivity contribution in [2.45, 2.75) is 23.8 Å². The predicted octanol–water partition coefficient (Wildman–Crippen LogP) is -0.207. The van der Waals surface area contributed by atoms with Crippen LogP contribution >= 0.6 is 11.3 Å². The second-order valence-corrected chi connectivity index (χ2v) is 6.60. The van der Waals surface area contributed by atoms with Crippen molar-refractivity contribution < 1.29 is 13.5 Å². The van der Waals surface area contributed by atoms with Gasteiger partial charge in [-0.05, 0) is 19.1 Å². The Bertz CT molecular complexity index is 606. The summed E-state index contributed by atoms with van der Waals surface area (Å²) in [6.45, 7) is 1.43. The van der Waals surface area contributed by atoms with E-state index in [2.05, 4.69) is 25.3 Å². The summed E-state index contributed by atoms with van der Waals surface area (Å²) in [6.07, 6.45) is 0. The number of aromatic amines is 1. The Hall–Kier alpha value is -1.36. The van der Waals surface area contributed by atoms with Gasteiger partial charge in [0, 0.05) is 4.88 Å². The lowest BCUT2D eigenvalue weighted by Gasteiger charge is -2.08.